The minimum absolute atomic E-state index is 0.132. The number of aliphatic hydroxyl groups excluding tert-OH is 10. The van der Waals surface area contributed by atoms with Crippen molar-refractivity contribution in [3.8, 4) is 0 Å². The van der Waals surface area contributed by atoms with Crippen LogP contribution in [0.4, 0.5) is 0 Å². The zero-order chi connectivity index (χ0) is 83.8. The monoisotopic (exact) mass is 1670 g/mol. The molecule has 30 atom stereocenters. The Morgan fingerprint density at radius 1 is 0.496 bits per heavy atom. The van der Waals surface area contributed by atoms with Crippen molar-refractivity contribution in [2.45, 2.75) is 265 Å². The summed E-state index contributed by atoms with van der Waals surface area (Å²) in [5.74, 6) is -11.2. The Kier molecular flexibility index (Phi) is 39.0. The average molecular weight is 1670 g/mol. The van der Waals surface area contributed by atoms with Crippen LogP contribution in [-0.4, -0.2) is 343 Å². The Bertz CT molecular complexity index is 3140. The first-order valence-electron chi connectivity index (χ1n) is 35.5. The fourth-order valence-electron chi connectivity index (χ4n) is 11.9. The SMILES string of the molecule is COOC1CC(NC(C)=O)[C@H](O[C@H]2C(C(=O)O)OC(OO[C@H]3C[C@H](NC(C)=O)[C@H](O[C@H]4C(C(=O)NNC(=O)CC(=O)NNC(O)C(C)C)OC(OO[C@H]5C[C@H](NC(C)=O)[C@H](O[C@H]6C(C(=O)NNC(=O)CC(=O)NNC(=O)[C@@H](C)CSCC(N)CCS)OC(C)C(O)[C@H]6O)O[C@H]5CO)C(O)[C@H]4O)O[C@H]3CO)C(O)C2O)O[C@H]1CO. The standard InChI is InChI=1S/C62H104N12O37S2/c1-21(2)53(91)71-67-37(81)14-39(83)70-74-56(94)51-48(103-59-30(66-26(7)80)13-33(36(18-77)101-59)109-111-62-46(90)44(88)49(52(106-62)57(95)96)104-60-28(64-24(5)78)11-31(107-97-8)34(16-75)99-60)43(87)45(89)61(105-51)110-108-32-12-29(65-25(6)79)58(100-35(32)17-76)102-47-42(86)41(85)23(4)98-50(47)55(93)73-69-40(84)15-38(82)68-72-54(92)22(3)19-113-20-27(63)9-10-112/h21-23,27-36,41-53,58-62,71,75-77,85-91,112H,9-20,63H2,1-8H3,(H,64,78)(H,65,79)(H,66,80)(H,67,81)(H,68,82)(H,69,84)(H,70,83)(H,72,92)(H,73,93)(H,74,94)(H,95,96)/t22-,23?,27?,28?,29-,30-,31?,32-,33-,34-,35-,36-,41?,42+,43+,44?,45?,46?,47+,48+,49+,50?,51?,52?,53?,58-,59-,60-,61?,62?/m0/s1. The highest BCUT2D eigenvalue weighted by molar-refractivity contribution is 7.99. The molecule has 0 aromatic carbocycles. The minimum Gasteiger partial charge on any atom is -0.479 e. The fourth-order valence-corrected chi connectivity index (χ4v) is 13.3. The van der Waals surface area contributed by atoms with Crippen molar-refractivity contribution >= 4 is 89.4 Å². The van der Waals surface area contributed by atoms with Crippen LogP contribution in [0.5, 0.6) is 0 Å². The average Bonchev–Trinajstić information content (AvgIpc) is 0.786. The van der Waals surface area contributed by atoms with E-state index in [0.29, 0.717) is 23.7 Å². The fraction of sp³-hybridized carbons (Fsp3) is 0.823. The number of carboxylic acid groups (broad SMARTS) is 1. The van der Waals surface area contributed by atoms with Gasteiger partial charge in [0.25, 0.3) is 11.8 Å². The van der Waals surface area contributed by atoms with Crippen molar-refractivity contribution in [1.29, 1.82) is 0 Å². The molecule has 51 heteroatoms. The van der Waals surface area contributed by atoms with Gasteiger partial charge >= 0.3 is 5.97 Å². The predicted octanol–water partition coefficient (Wildman–Crippen LogP) is -12.1. The smallest absolute Gasteiger partial charge is 0.335 e. The van der Waals surface area contributed by atoms with E-state index in [1.54, 1.807) is 20.8 Å². The third-order valence-corrected chi connectivity index (χ3v) is 19.6. The summed E-state index contributed by atoms with van der Waals surface area (Å²) in [5.41, 5.74) is 22.5. The maximum atomic E-state index is 14.3. The number of ether oxygens (including phenoxy) is 9. The first-order chi connectivity index (χ1) is 53.4. The van der Waals surface area contributed by atoms with Crippen LogP contribution in [-0.2, 0) is 125 Å². The largest absolute Gasteiger partial charge is 0.479 e. The molecule has 0 spiro atoms. The molecule has 6 aliphatic rings. The molecule has 6 heterocycles. The lowest BCUT2D eigenvalue weighted by atomic mass is 9.94. The van der Waals surface area contributed by atoms with E-state index < -0.39 is 294 Å². The zero-order valence-electron chi connectivity index (χ0n) is 62.3. The van der Waals surface area contributed by atoms with Crippen molar-refractivity contribution in [2.24, 2.45) is 17.6 Å². The van der Waals surface area contributed by atoms with E-state index in [0.717, 1.165) is 20.8 Å². The Labute approximate surface area is 654 Å². The number of carbonyl (C=O) groups excluding carboxylic acids is 10. The van der Waals surface area contributed by atoms with Gasteiger partial charge in [0.05, 0.1) is 51.2 Å². The Morgan fingerprint density at radius 2 is 0.876 bits per heavy atom. The summed E-state index contributed by atoms with van der Waals surface area (Å²) in [6, 6.07) is -4.26. The highest BCUT2D eigenvalue weighted by atomic mass is 32.2. The number of rotatable bonds is 37. The topological polar surface area (TPSA) is 707 Å². The summed E-state index contributed by atoms with van der Waals surface area (Å²) < 4.78 is 52.8. The molecule has 6 saturated heterocycles. The van der Waals surface area contributed by atoms with Crippen LogP contribution in [0.1, 0.15) is 87.0 Å². The molecule has 0 bridgehead atoms. The molecular formula is C62H104N12O37S2. The Morgan fingerprint density at radius 3 is 1.27 bits per heavy atom. The van der Waals surface area contributed by atoms with E-state index in [9.17, 15) is 109 Å². The van der Waals surface area contributed by atoms with Crippen LogP contribution < -0.4 is 65.1 Å². The lowest BCUT2D eigenvalue weighted by Crippen LogP contribution is -2.67. The second-order valence-electron chi connectivity index (χ2n) is 27.3. The number of hydrogen-bond acceptors (Lipinski definition) is 40. The number of carbonyl (C=O) groups is 11. The van der Waals surface area contributed by atoms with Gasteiger partial charge in [0.2, 0.25) is 59.8 Å². The van der Waals surface area contributed by atoms with Gasteiger partial charge in [-0.25, -0.2) is 39.5 Å². The molecule has 6 aliphatic heterocycles. The van der Waals surface area contributed by atoms with Crippen LogP contribution in [0.2, 0.25) is 0 Å². The molecule has 113 heavy (non-hydrogen) atoms. The lowest BCUT2D eigenvalue weighted by Gasteiger charge is -2.47. The van der Waals surface area contributed by atoms with Crippen molar-refractivity contribution < 1.29 is 181 Å². The highest BCUT2D eigenvalue weighted by Gasteiger charge is 2.57. The minimum atomic E-state index is -2.42. The summed E-state index contributed by atoms with van der Waals surface area (Å²) in [6.07, 6.45) is -49.6. The van der Waals surface area contributed by atoms with E-state index in [4.69, 9.17) is 77.7 Å². The molecule has 0 saturated carbocycles. The van der Waals surface area contributed by atoms with E-state index in [-0.39, 0.29) is 12.5 Å². The van der Waals surface area contributed by atoms with E-state index in [2.05, 4.69) is 50.3 Å². The molecule has 0 aromatic rings. The third kappa shape index (κ3) is 28.0. The molecule has 0 aliphatic carbocycles. The van der Waals surface area contributed by atoms with Crippen molar-refractivity contribution in [3.63, 3.8) is 0 Å². The normalized spacial score (nSPS) is 34.7. The van der Waals surface area contributed by atoms with Crippen LogP contribution >= 0.6 is 24.4 Å². The van der Waals surface area contributed by atoms with Gasteiger partial charge in [-0.2, -0.15) is 24.4 Å². The maximum Gasteiger partial charge on any atom is 0.335 e. The molecule has 6 fully saturated rings. The van der Waals surface area contributed by atoms with Crippen LogP contribution in [0.25, 0.3) is 0 Å². The number of nitrogens with one attached hydrogen (secondary N) is 11. The summed E-state index contributed by atoms with van der Waals surface area (Å²) in [7, 11) is 1.17. The first-order valence-corrected chi connectivity index (χ1v) is 37.3. The van der Waals surface area contributed by atoms with E-state index >= 15 is 0 Å². The molecule has 10 amide bonds. The summed E-state index contributed by atoms with van der Waals surface area (Å²) in [4.78, 5) is 174. The van der Waals surface area contributed by atoms with Crippen molar-refractivity contribution in [1.82, 2.24) is 59.4 Å². The van der Waals surface area contributed by atoms with Crippen LogP contribution in [0.15, 0.2) is 0 Å². The second kappa shape index (κ2) is 46.1. The molecule has 0 radical (unpaired) electrons. The number of thiol groups is 1. The number of carboxylic acids is 1. The number of hydrazine groups is 4. The van der Waals surface area contributed by atoms with Crippen molar-refractivity contribution in [2.75, 3.05) is 44.2 Å². The van der Waals surface area contributed by atoms with Crippen molar-refractivity contribution in [3.05, 3.63) is 0 Å². The van der Waals surface area contributed by atoms with Gasteiger partial charge in [-0.3, -0.25) is 85.9 Å². The number of aliphatic carboxylic acids is 1. The first kappa shape index (κ1) is 95.6. The maximum absolute atomic E-state index is 14.3. The van der Waals surface area contributed by atoms with Gasteiger partial charge in [-0.15, -0.1) is 0 Å². The number of thioether (sulfide) groups is 1. The second-order valence-corrected chi connectivity index (χ2v) is 28.8. The molecule has 0 aromatic heterocycles. The number of amides is 10. The lowest BCUT2D eigenvalue weighted by molar-refractivity contribution is -0.460. The predicted molar refractivity (Wildman–Crippen MR) is 371 cm³/mol. The Balaban J connectivity index is 1.16. The summed E-state index contributed by atoms with van der Waals surface area (Å²) >= 11 is 5.56. The quantitative estimate of drug-likeness (QED) is 0.00903. The summed E-state index contributed by atoms with van der Waals surface area (Å²) in [6.45, 7) is 6.50. The molecule has 14 unspecified atom stereocenters. The van der Waals surface area contributed by atoms with Gasteiger partial charge in [-0.1, -0.05) is 20.8 Å². The van der Waals surface area contributed by atoms with Gasteiger partial charge in [-0.05, 0) is 25.0 Å². The number of hydrogen-bond donors (Lipinski definition) is 24. The van der Waals surface area contributed by atoms with Gasteiger partial charge in [0, 0.05) is 63.5 Å². The molecular weight excluding hydrogens is 1570 g/mol. The Hall–Kier alpha value is -6.21. The van der Waals surface area contributed by atoms with Gasteiger partial charge in [0.15, 0.2) is 37.2 Å². The molecule has 24 N–H and O–H groups in total. The third-order valence-electron chi connectivity index (χ3n) is 17.9. The molecule has 6 rings (SSSR count). The van der Waals surface area contributed by atoms with Crippen LogP contribution in [0, 0.1) is 11.8 Å². The molecule has 49 nitrogen and oxygen atoms in total. The van der Waals surface area contributed by atoms with Gasteiger partial charge < -0.3 is 120 Å². The summed E-state index contributed by atoms with van der Waals surface area (Å²) in [5, 5.41) is 128. The highest BCUT2D eigenvalue weighted by Crippen LogP contribution is 2.36. The molecule has 646 valence electrons. The van der Waals surface area contributed by atoms with E-state index in [1.165, 1.54) is 25.8 Å². The van der Waals surface area contributed by atoms with E-state index in [1.807, 2.05) is 21.7 Å². The number of nitrogens with two attached hydrogens (primary N) is 1. The van der Waals surface area contributed by atoms with Gasteiger partial charge in [0.1, 0.15) is 111 Å². The zero-order valence-corrected chi connectivity index (χ0v) is 64.1. The van der Waals surface area contributed by atoms with Crippen LogP contribution in [0.3, 0.4) is 0 Å². The number of aliphatic hydroxyl groups is 10.